The van der Waals surface area contributed by atoms with Gasteiger partial charge in [-0.15, -0.1) is 0 Å². The van der Waals surface area contributed by atoms with Crippen LogP contribution in [0, 0.1) is 5.82 Å². The van der Waals surface area contributed by atoms with Crippen molar-refractivity contribution in [2.45, 2.75) is 43.8 Å². The first-order valence-electron chi connectivity index (χ1n) is 6.65. The van der Waals surface area contributed by atoms with E-state index < -0.39 is 39.1 Å². The highest BCUT2D eigenvalue weighted by molar-refractivity contribution is 7.89. The summed E-state index contributed by atoms with van der Waals surface area (Å²) in [7, 11) is -3.79. The Bertz CT molecular complexity index is 689. The minimum Gasteiger partial charge on any atom is -0.495 e. The highest BCUT2D eigenvalue weighted by Gasteiger charge is 2.52. The van der Waals surface area contributed by atoms with Gasteiger partial charge in [-0.25, -0.2) is 17.9 Å². The fraction of sp³-hybridized carbons (Fsp3) is 0.538. The molecule has 0 unspecified atom stereocenters. The van der Waals surface area contributed by atoms with E-state index in [2.05, 4.69) is 0 Å². The summed E-state index contributed by atoms with van der Waals surface area (Å²) in [6, 6.07) is 2.05. The highest BCUT2D eigenvalue weighted by Crippen LogP contribution is 2.37. The number of ether oxygens (including phenoxy) is 1. The molecule has 2 rings (SSSR count). The Morgan fingerprint density at radius 1 is 1.18 bits per heavy atom. The van der Waals surface area contributed by atoms with E-state index in [9.17, 15) is 12.8 Å². The second kappa shape index (κ2) is 5.19. The van der Waals surface area contributed by atoms with E-state index in [-0.39, 0.29) is 11.2 Å². The molecule has 0 spiro atoms. The highest BCUT2D eigenvalue weighted by atomic mass is 32.2. The summed E-state index contributed by atoms with van der Waals surface area (Å²) in [6.45, 7) is 7.34. The predicted molar refractivity (Wildman–Crippen MR) is 80.0 cm³/mol. The molecule has 22 heavy (non-hydrogen) atoms. The lowest BCUT2D eigenvalue weighted by Gasteiger charge is -2.32. The topological polar surface area (TPSA) is 87.8 Å². The lowest BCUT2D eigenvalue weighted by Crippen LogP contribution is -2.41. The maximum atomic E-state index is 14.3. The first-order valence-corrected chi connectivity index (χ1v) is 8.19. The smallest absolute Gasteiger partial charge is 0.495 e. The Balaban J connectivity index is 2.51. The number of sulfonamides is 1. The fourth-order valence-electron chi connectivity index (χ4n) is 2.08. The first-order chi connectivity index (χ1) is 9.89. The molecule has 1 heterocycles. The van der Waals surface area contributed by atoms with Gasteiger partial charge in [0.2, 0.25) is 10.0 Å². The average Bonchev–Trinajstić information content (AvgIpc) is 2.56. The van der Waals surface area contributed by atoms with Crippen molar-refractivity contribution in [1.29, 1.82) is 0 Å². The van der Waals surface area contributed by atoms with Crippen LogP contribution in [0.3, 0.4) is 0 Å². The standard InChI is InChI=1S/C13H19BFNO5S/c1-12(2)13(3,4)21-14(20-12)8-6-10(19-5)11(7-9(8)15)22(16,17)18/h6-7H,1-5H3,(H2,16,17,18). The number of benzene rings is 1. The zero-order chi connectivity index (χ0) is 16.9. The molecule has 1 aliphatic rings. The minimum atomic E-state index is -4.10. The molecular formula is C13H19BFNO5S. The monoisotopic (exact) mass is 331 g/mol. The van der Waals surface area contributed by atoms with Crippen LogP contribution in [0.5, 0.6) is 5.75 Å². The zero-order valence-electron chi connectivity index (χ0n) is 13.1. The molecule has 9 heteroatoms. The van der Waals surface area contributed by atoms with Gasteiger partial charge in [-0.1, -0.05) is 0 Å². The van der Waals surface area contributed by atoms with Crippen LogP contribution in [-0.2, 0) is 19.3 Å². The van der Waals surface area contributed by atoms with E-state index in [4.69, 9.17) is 19.2 Å². The van der Waals surface area contributed by atoms with Crippen LogP contribution in [0.2, 0.25) is 0 Å². The van der Waals surface area contributed by atoms with Crippen LogP contribution in [0.15, 0.2) is 17.0 Å². The van der Waals surface area contributed by atoms with Crippen LogP contribution in [0.1, 0.15) is 27.7 Å². The largest absolute Gasteiger partial charge is 0.497 e. The Morgan fingerprint density at radius 3 is 2.09 bits per heavy atom. The van der Waals surface area contributed by atoms with Crippen LogP contribution >= 0.6 is 0 Å². The van der Waals surface area contributed by atoms with E-state index in [0.717, 1.165) is 6.07 Å². The molecule has 0 atom stereocenters. The van der Waals surface area contributed by atoms with Crippen LogP contribution in [-0.4, -0.2) is 33.8 Å². The molecule has 0 saturated carbocycles. The molecule has 0 radical (unpaired) electrons. The molecule has 1 aliphatic heterocycles. The second-order valence-corrected chi connectivity index (χ2v) is 7.69. The predicted octanol–water partition coefficient (Wildman–Crippen LogP) is 0.781. The zero-order valence-corrected chi connectivity index (χ0v) is 14.0. The molecule has 0 aromatic heterocycles. The van der Waals surface area contributed by atoms with Crippen molar-refractivity contribution in [3.63, 3.8) is 0 Å². The molecule has 0 bridgehead atoms. The van der Waals surface area contributed by atoms with Crippen molar-refractivity contribution in [3.8, 4) is 5.75 Å². The van der Waals surface area contributed by atoms with Gasteiger partial charge < -0.3 is 14.0 Å². The Labute approximate surface area is 129 Å². The van der Waals surface area contributed by atoms with E-state index in [0.29, 0.717) is 0 Å². The van der Waals surface area contributed by atoms with Gasteiger partial charge in [0.15, 0.2) is 0 Å². The molecule has 1 saturated heterocycles. The van der Waals surface area contributed by atoms with Crippen molar-refractivity contribution in [3.05, 3.63) is 17.9 Å². The summed E-state index contributed by atoms with van der Waals surface area (Å²) in [4.78, 5) is -0.423. The van der Waals surface area contributed by atoms with Crippen molar-refractivity contribution >= 4 is 22.6 Å². The van der Waals surface area contributed by atoms with E-state index in [1.54, 1.807) is 0 Å². The molecule has 122 valence electrons. The van der Waals surface area contributed by atoms with Gasteiger partial charge in [-0.3, -0.25) is 0 Å². The molecule has 1 aromatic rings. The minimum absolute atomic E-state index is 0.0582. The number of nitrogens with two attached hydrogens (primary N) is 1. The normalized spacial score (nSPS) is 20.2. The molecule has 6 nitrogen and oxygen atoms in total. The molecule has 2 N–H and O–H groups in total. The van der Waals surface area contributed by atoms with Gasteiger partial charge in [-0.2, -0.15) is 0 Å². The van der Waals surface area contributed by atoms with Gasteiger partial charge in [-0.05, 0) is 39.8 Å². The number of halogens is 1. The first kappa shape index (κ1) is 17.2. The number of primary sulfonamides is 1. The third-order valence-corrected chi connectivity index (χ3v) is 5.03. The van der Waals surface area contributed by atoms with Crippen molar-refractivity contribution < 1.29 is 26.9 Å². The Kier molecular flexibility index (Phi) is 4.06. The number of hydrogen-bond acceptors (Lipinski definition) is 5. The number of rotatable bonds is 3. The maximum Gasteiger partial charge on any atom is 0.497 e. The van der Waals surface area contributed by atoms with Crippen molar-refractivity contribution in [1.82, 2.24) is 0 Å². The summed E-state index contributed by atoms with van der Waals surface area (Å²) in [5.74, 6) is -0.850. The summed E-state index contributed by atoms with van der Waals surface area (Å²) in [5.41, 5.74) is -1.23. The third-order valence-electron chi connectivity index (χ3n) is 4.10. The lowest BCUT2D eigenvalue weighted by molar-refractivity contribution is 0.00578. The summed E-state index contributed by atoms with van der Waals surface area (Å²) in [5, 5.41) is 5.05. The summed E-state index contributed by atoms with van der Waals surface area (Å²) in [6.07, 6.45) is 0. The summed E-state index contributed by atoms with van der Waals surface area (Å²) < 4.78 is 53.8. The molecule has 0 aliphatic carbocycles. The van der Waals surface area contributed by atoms with Crippen molar-refractivity contribution in [2.24, 2.45) is 5.14 Å². The fourth-order valence-corrected chi connectivity index (χ4v) is 2.77. The number of hydrogen-bond donors (Lipinski definition) is 1. The van der Waals surface area contributed by atoms with E-state index >= 15 is 0 Å². The third kappa shape index (κ3) is 2.86. The summed E-state index contributed by atoms with van der Waals surface area (Å²) >= 11 is 0. The molecule has 0 amide bonds. The maximum absolute atomic E-state index is 14.3. The lowest BCUT2D eigenvalue weighted by atomic mass is 9.78. The van der Waals surface area contributed by atoms with Crippen molar-refractivity contribution in [2.75, 3.05) is 7.11 Å². The van der Waals surface area contributed by atoms with Crippen LogP contribution in [0.25, 0.3) is 0 Å². The van der Waals surface area contributed by atoms with Gasteiger partial charge in [0.1, 0.15) is 16.5 Å². The Hall–Kier alpha value is -1.16. The van der Waals surface area contributed by atoms with Gasteiger partial charge in [0, 0.05) is 5.46 Å². The molecule has 1 aromatic carbocycles. The van der Waals surface area contributed by atoms with Crippen LogP contribution < -0.4 is 15.3 Å². The quantitative estimate of drug-likeness (QED) is 0.827. The van der Waals surface area contributed by atoms with Gasteiger partial charge >= 0.3 is 7.12 Å². The van der Waals surface area contributed by atoms with Gasteiger partial charge in [0.05, 0.1) is 18.3 Å². The van der Waals surface area contributed by atoms with E-state index in [1.807, 2.05) is 27.7 Å². The molecular weight excluding hydrogens is 312 g/mol. The van der Waals surface area contributed by atoms with Crippen LogP contribution in [0.4, 0.5) is 4.39 Å². The number of methoxy groups -OCH3 is 1. The van der Waals surface area contributed by atoms with Gasteiger partial charge in [0.25, 0.3) is 0 Å². The van der Waals surface area contributed by atoms with E-state index in [1.165, 1.54) is 13.2 Å². The second-order valence-electron chi connectivity index (χ2n) is 6.16. The Morgan fingerprint density at radius 2 is 1.68 bits per heavy atom. The SMILES string of the molecule is COc1cc(B2OC(C)(C)C(C)(C)O2)c(F)cc1S(N)(=O)=O. The molecule has 1 fully saturated rings. The average molecular weight is 331 g/mol.